The van der Waals surface area contributed by atoms with Crippen LogP contribution in [-0.2, 0) is 6.61 Å². The van der Waals surface area contributed by atoms with Crippen molar-refractivity contribution >= 4 is 0 Å². The molecule has 0 bridgehead atoms. The van der Waals surface area contributed by atoms with E-state index in [2.05, 4.69) is 31.8 Å². The number of nitrogens with zero attached hydrogens (tertiary/aromatic N) is 1. The van der Waals surface area contributed by atoms with Crippen LogP contribution in [0.1, 0.15) is 77.7 Å². The molecular weight excluding hydrogens is 398 g/mol. The van der Waals surface area contributed by atoms with Crippen LogP contribution < -0.4 is 4.74 Å². The fourth-order valence-corrected chi connectivity index (χ4v) is 8.54. The van der Waals surface area contributed by atoms with Crippen LogP contribution >= 0.6 is 0 Å². The van der Waals surface area contributed by atoms with E-state index in [4.69, 9.17) is 4.74 Å². The summed E-state index contributed by atoms with van der Waals surface area (Å²) in [5.74, 6) is 4.30. The summed E-state index contributed by atoms with van der Waals surface area (Å²) in [5.41, 5.74) is 3.12. The molecular formula is C28H41NO3. The summed E-state index contributed by atoms with van der Waals surface area (Å²) in [4.78, 5) is 4.35. The van der Waals surface area contributed by atoms with E-state index in [9.17, 15) is 10.2 Å². The molecule has 5 rings (SSSR count). The van der Waals surface area contributed by atoms with Gasteiger partial charge in [0.2, 0.25) is 5.88 Å². The van der Waals surface area contributed by atoms with E-state index in [0.29, 0.717) is 35.2 Å². The number of hydrogen-bond acceptors (Lipinski definition) is 4. The lowest BCUT2D eigenvalue weighted by Crippen LogP contribution is -2.51. The summed E-state index contributed by atoms with van der Waals surface area (Å²) in [7, 11) is 0. The minimum absolute atomic E-state index is 0.0178. The van der Waals surface area contributed by atoms with Crippen molar-refractivity contribution in [2.45, 2.75) is 84.8 Å². The van der Waals surface area contributed by atoms with Crippen LogP contribution in [0.5, 0.6) is 5.88 Å². The van der Waals surface area contributed by atoms with Crippen LogP contribution in [0.25, 0.3) is 0 Å². The van der Waals surface area contributed by atoms with Crippen LogP contribution in [0.15, 0.2) is 30.0 Å². The lowest BCUT2D eigenvalue weighted by Gasteiger charge is -2.58. The molecule has 0 radical (unpaired) electrons. The first kappa shape index (κ1) is 22.4. The SMILES string of the molecule is C[C@H](COc1ccc(CO)cn1)[C@H]1CC[C@H]2[C@@H]3CC=C4C[C@@H](O)CC[C@]4(C)[C@H]3CC[C@]12C. The monoisotopic (exact) mass is 439 g/mol. The summed E-state index contributed by atoms with van der Waals surface area (Å²) in [6.45, 7) is 8.20. The average molecular weight is 440 g/mol. The van der Waals surface area contributed by atoms with Gasteiger partial charge in [0.1, 0.15) is 0 Å². The van der Waals surface area contributed by atoms with Crippen LogP contribution in [0.4, 0.5) is 0 Å². The molecule has 4 heteroatoms. The Morgan fingerprint density at radius 2 is 1.97 bits per heavy atom. The molecule has 8 atom stereocenters. The van der Waals surface area contributed by atoms with Crippen molar-refractivity contribution in [3.05, 3.63) is 35.5 Å². The van der Waals surface area contributed by atoms with E-state index in [-0.39, 0.29) is 12.7 Å². The maximum atomic E-state index is 10.2. The molecule has 4 aliphatic carbocycles. The van der Waals surface area contributed by atoms with Crippen molar-refractivity contribution in [3.8, 4) is 5.88 Å². The minimum Gasteiger partial charge on any atom is -0.477 e. The van der Waals surface area contributed by atoms with E-state index in [1.807, 2.05) is 12.1 Å². The molecule has 1 heterocycles. The fraction of sp³-hybridized carbons (Fsp3) is 0.750. The molecule has 2 N–H and O–H groups in total. The predicted molar refractivity (Wildman–Crippen MR) is 126 cm³/mol. The van der Waals surface area contributed by atoms with Gasteiger partial charge in [0.05, 0.1) is 19.3 Å². The fourth-order valence-electron chi connectivity index (χ4n) is 8.54. The number of pyridine rings is 1. The Morgan fingerprint density at radius 1 is 1.12 bits per heavy atom. The Bertz CT molecular complexity index is 851. The largest absolute Gasteiger partial charge is 0.477 e. The van der Waals surface area contributed by atoms with Crippen molar-refractivity contribution in [3.63, 3.8) is 0 Å². The predicted octanol–water partition coefficient (Wildman–Crippen LogP) is 5.53. The van der Waals surface area contributed by atoms with Crippen molar-refractivity contribution in [2.75, 3.05) is 6.61 Å². The second-order valence-electron chi connectivity index (χ2n) is 11.8. The quantitative estimate of drug-likeness (QED) is 0.592. The lowest BCUT2D eigenvalue weighted by atomic mass is 9.47. The van der Waals surface area contributed by atoms with E-state index in [1.54, 1.807) is 11.8 Å². The highest BCUT2D eigenvalue weighted by atomic mass is 16.5. The number of ether oxygens (including phenoxy) is 1. The highest BCUT2D eigenvalue weighted by Crippen LogP contribution is 2.67. The highest BCUT2D eigenvalue weighted by Gasteiger charge is 2.59. The third-order valence-electron chi connectivity index (χ3n) is 10.3. The minimum atomic E-state index is -0.120. The molecule has 4 aliphatic rings. The highest BCUT2D eigenvalue weighted by molar-refractivity contribution is 5.25. The molecule has 0 unspecified atom stereocenters. The first-order chi connectivity index (χ1) is 15.3. The van der Waals surface area contributed by atoms with Gasteiger partial charge in [-0.05, 0) is 103 Å². The lowest BCUT2D eigenvalue weighted by molar-refractivity contribution is -0.0592. The topological polar surface area (TPSA) is 62.6 Å². The Kier molecular flexibility index (Phi) is 5.90. The number of hydrogen-bond donors (Lipinski definition) is 2. The van der Waals surface area contributed by atoms with E-state index >= 15 is 0 Å². The molecule has 1 aromatic rings. The molecule has 0 saturated heterocycles. The summed E-state index contributed by atoms with van der Waals surface area (Å²) >= 11 is 0. The summed E-state index contributed by atoms with van der Waals surface area (Å²) < 4.78 is 6.08. The van der Waals surface area contributed by atoms with Gasteiger partial charge in [0.15, 0.2) is 0 Å². The maximum absolute atomic E-state index is 10.2. The van der Waals surface area contributed by atoms with Crippen LogP contribution in [0.3, 0.4) is 0 Å². The second kappa shape index (κ2) is 8.43. The average Bonchev–Trinajstić information content (AvgIpc) is 3.15. The molecule has 1 aromatic heterocycles. The van der Waals surface area contributed by atoms with Gasteiger partial charge in [-0.2, -0.15) is 0 Å². The zero-order chi connectivity index (χ0) is 22.5. The zero-order valence-electron chi connectivity index (χ0n) is 20.1. The van der Waals surface area contributed by atoms with Crippen LogP contribution in [0, 0.1) is 40.4 Å². The van der Waals surface area contributed by atoms with E-state index in [0.717, 1.165) is 36.2 Å². The standard InChI is InChI=1S/C28H41NO3/c1-18(17-32-26-9-4-19(16-30)15-29-26)23-7-8-24-22-6-5-20-14-21(31)10-12-27(20,2)25(22)11-13-28(23,24)3/h4-5,9,15,18,21-25,30-31H,6-8,10-14,16-17H2,1-3H3/t18-,21+,22+,23-,24+,25+,27+,28-/m1/s1. The Hall–Kier alpha value is -1.39. The molecule has 0 spiro atoms. The van der Waals surface area contributed by atoms with Gasteiger partial charge < -0.3 is 14.9 Å². The van der Waals surface area contributed by atoms with Crippen LogP contribution in [-0.4, -0.2) is 27.9 Å². The van der Waals surface area contributed by atoms with Gasteiger partial charge in [0, 0.05) is 12.3 Å². The molecule has 3 fully saturated rings. The molecule has 0 aliphatic heterocycles. The number of allylic oxidation sites excluding steroid dienone is 1. The summed E-state index contributed by atoms with van der Waals surface area (Å²) in [6.07, 6.45) is 13.7. The third-order valence-corrected chi connectivity index (χ3v) is 10.3. The summed E-state index contributed by atoms with van der Waals surface area (Å²) in [6, 6.07) is 3.76. The van der Waals surface area contributed by atoms with Gasteiger partial charge in [-0.15, -0.1) is 0 Å². The Morgan fingerprint density at radius 3 is 2.72 bits per heavy atom. The van der Waals surface area contributed by atoms with E-state index in [1.165, 1.54) is 38.5 Å². The summed E-state index contributed by atoms with van der Waals surface area (Å²) in [5, 5.41) is 19.4. The second-order valence-corrected chi connectivity index (χ2v) is 11.8. The van der Waals surface area contributed by atoms with Crippen LogP contribution in [0.2, 0.25) is 0 Å². The number of rotatable bonds is 5. The third kappa shape index (κ3) is 3.62. The molecule has 3 saturated carbocycles. The van der Waals surface area contributed by atoms with Gasteiger partial charge in [-0.3, -0.25) is 0 Å². The first-order valence-electron chi connectivity index (χ1n) is 12.9. The van der Waals surface area contributed by atoms with Gasteiger partial charge in [-0.25, -0.2) is 4.98 Å². The Balaban J connectivity index is 1.28. The maximum Gasteiger partial charge on any atom is 0.213 e. The smallest absolute Gasteiger partial charge is 0.213 e. The number of aliphatic hydroxyl groups excluding tert-OH is 2. The zero-order valence-corrected chi connectivity index (χ0v) is 20.1. The van der Waals surface area contributed by atoms with Gasteiger partial charge >= 0.3 is 0 Å². The van der Waals surface area contributed by atoms with Crippen molar-refractivity contribution in [1.82, 2.24) is 4.98 Å². The Labute approximate surface area is 193 Å². The van der Waals surface area contributed by atoms with Crippen molar-refractivity contribution < 1.29 is 14.9 Å². The molecule has 0 amide bonds. The number of aromatic nitrogens is 1. The van der Waals surface area contributed by atoms with Gasteiger partial charge in [-0.1, -0.05) is 32.4 Å². The molecule has 4 nitrogen and oxygen atoms in total. The number of fused-ring (bicyclic) bond motifs is 5. The first-order valence-corrected chi connectivity index (χ1v) is 12.9. The molecule has 0 aromatic carbocycles. The molecule has 32 heavy (non-hydrogen) atoms. The van der Waals surface area contributed by atoms with Crippen molar-refractivity contribution in [1.29, 1.82) is 0 Å². The normalized spacial score (nSPS) is 41.8. The number of aliphatic hydroxyl groups is 2. The van der Waals surface area contributed by atoms with Crippen molar-refractivity contribution in [2.24, 2.45) is 40.4 Å². The van der Waals surface area contributed by atoms with Gasteiger partial charge in [0.25, 0.3) is 0 Å². The molecule has 176 valence electrons. The van der Waals surface area contributed by atoms with E-state index < -0.39 is 0 Å².